The summed E-state index contributed by atoms with van der Waals surface area (Å²) in [7, 11) is 1.63. The van der Waals surface area contributed by atoms with Gasteiger partial charge in [0, 0.05) is 44.6 Å². The third-order valence-electron chi connectivity index (χ3n) is 4.05. The van der Waals surface area contributed by atoms with Gasteiger partial charge in [0.15, 0.2) is 0 Å². The quantitative estimate of drug-likeness (QED) is 0.830. The number of carbonyl (C=O) groups excluding carboxylic acids is 2. The van der Waals surface area contributed by atoms with Crippen molar-refractivity contribution in [2.75, 3.05) is 33.4 Å². The van der Waals surface area contributed by atoms with Gasteiger partial charge in [0.2, 0.25) is 5.91 Å². The molecule has 1 fully saturated rings. The number of nitrogens with one attached hydrogen (secondary N) is 1. The highest BCUT2D eigenvalue weighted by molar-refractivity contribution is 5.95. The Hall–Kier alpha value is -1.88. The van der Waals surface area contributed by atoms with E-state index in [9.17, 15) is 9.59 Å². The van der Waals surface area contributed by atoms with Crippen molar-refractivity contribution < 1.29 is 14.3 Å². The summed E-state index contributed by atoms with van der Waals surface area (Å²) in [6, 6.07) is 7.64. The van der Waals surface area contributed by atoms with Gasteiger partial charge in [-0.3, -0.25) is 9.59 Å². The molecule has 0 aliphatic carbocycles. The third-order valence-corrected chi connectivity index (χ3v) is 4.05. The zero-order valence-corrected chi connectivity index (χ0v) is 13.3. The molecule has 0 unspecified atom stereocenters. The molecule has 0 saturated carbocycles. The fraction of sp³-hybridized carbons (Fsp3) is 0.529. The Bertz CT molecular complexity index is 530. The van der Waals surface area contributed by atoms with Crippen LogP contribution in [0.4, 0.5) is 0 Å². The molecule has 0 radical (unpaired) electrons. The summed E-state index contributed by atoms with van der Waals surface area (Å²) in [5.74, 6) is 0.271. The zero-order chi connectivity index (χ0) is 15.9. The normalized spacial score (nSPS) is 17.8. The second kappa shape index (κ2) is 7.94. The van der Waals surface area contributed by atoms with E-state index in [0.717, 1.165) is 17.5 Å². The van der Waals surface area contributed by atoms with Crippen LogP contribution in [0, 0.1) is 5.92 Å². The van der Waals surface area contributed by atoms with Gasteiger partial charge in [-0.1, -0.05) is 25.1 Å². The fourth-order valence-corrected chi connectivity index (χ4v) is 2.79. The number of ether oxygens (including phenoxy) is 1. The maximum Gasteiger partial charge on any atom is 0.251 e. The summed E-state index contributed by atoms with van der Waals surface area (Å²) in [4.78, 5) is 26.0. The molecule has 1 aliphatic heterocycles. The highest BCUT2D eigenvalue weighted by Crippen LogP contribution is 2.17. The van der Waals surface area contributed by atoms with Crippen LogP contribution in [-0.2, 0) is 16.0 Å². The van der Waals surface area contributed by atoms with Crippen molar-refractivity contribution in [1.82, 2.24) is 10.2 Å². The molecule has 1 aromatic carbocycles. The fourth-order valence-electron chi connectivity index (χ4n) is 2.79. The van der Waals surface area contributed by atoms with Crippen LogP contribution in [0.5, 0.6) is 0 Å². The van der Waals surface area contributed by atoms with Crippen molar-refractivity contribution >= 4 is 11.8 Å². The lowest BCUT2D eigenvalue weighted by molar-refractivity contribution is -0.128. The zero-order valence-electron chi connectivity index (χ0n) is 13.3. The molecule has 1 N–H and O–H groups in total. The first-order valence-corrected chi connectivity index (χ1v) is 7.78. The molecule has 5 heteroatoms. The lowest BCUT2D eigenvalue weighted by Gasteiger charge is -2.16. The topological polar surface area (TPSA) is 58.6 Å². The first-order valence-electron chi connectivity index (χ1n) is 7.78. The lowest BCUT2D eigenvalue weighted by atomic mass is 10.0. The van der Waals surface area contributed by atoms with Crippen molar-refractivity contribution in [2.45, 2.75) is 19.8 Å². The van der Waals surface area contributed by atoms with Crippen LogP contribution in [0.25, 0.3) is 0 Å². The number of hydrogen-bond donors (Lipinski definition) is 1. The molecular weight excluding hydrogens is 280 g/mol. The van der Waals surface area contributed by atoms with Crippen LogP contribution in [-0.4, -0.2) is 50.1 Å². The average molecular weight is 304 g/mol. The largest absolute Gasteiger partial charge is 0.383 e. The van der Waals surface area contributed by atoms with E-state index in [2.05, 4.69) is 5.32 Å². The Morgan fingerprint density at radius 2 is 2.18 bits per heavy atom. The summed E-state index contributed by atoms with van der Waals surface area (Å²) in [5.41, 5.74) is 1.77. The van der Waals surface area contributed by atoms with E-state index >= 15 is 0 Å². The van der Waals surface area contributed by atoms with Gasteiger partial charge in [-0.2, -0.15) is 0 Å². The average Bonchev–Trinajstić information content (AvgIpc) is 2.90. The van der Waals surface area contributed by atoms with Crippen LogP contribution >= 0.6 is 0 Å². The molecule has 5 nitrogen and oxygen atoms in total. The number of amides is 2. The van der Waals surface area contributed by atoms with Crippen molar-refractivity contribution in [3.05, 3.63) is 35.4 Å². The summed E-state index contributed by atoms with van der Waals surface area (Å²) in [6.45, 7) is 4.44. The molecular formula is C17H24N2O3. The molecule has 120 valence electrons. The van der Waals surface area contributed by atoms with Crippen molar-refractivity contribution in [3.63, 3.8) is 0 Å². The summed E-state index contributed by atoms with van der Waals surface area (Å²) in [6.07, 6.45) is 1.33. The van der Waals surface area contributed by atoms with Gasteiger partial charge < -0.3 is 15.0 Å². The maximum atomic E-state index is 12.3. The molecule has 1 heterocycles. The Labute approximate surface area is 131 Å². The van der Waals surface area contributed by atoms with E-state index in [4.69, 9.17) is 4.74 Å². The van der Waals surface area contributed by atoms with E-state index in [1.54, 1.807) is 12.0 Å². The van der Waals surface area contributed by atoms with Crippen LogP contribution in [0.15, 0.2) is 24.3 Å². The number of rotatable bonds is 7. The third kappa shape index (κ3) is 4.07. The minimum Gasteiger partial charge on any atom is -0.383 e. The Morgan fingerprint density at radius 1 is 1.41 bits per heavy atom. The van der Waals surface area contributed by atoms with E-state index in [-0.39, 0.29) is 17.7 Å². The van der Waals surface area contributed by atoms with E-state index in [1.165, 1.54) is 0 Å². The van der Waals surface area contributed by atoms with Gasteiger partial charge >= 0.3 is 0 Å². The second-order valence-electron chi connectivity index (χ2n) is 5.62. The van der Waals surface area contributed by atoms with Crippen LogP contribution in [0.1, 0.15) is 29.3 Å². The summed E-state index contributed by atoms with van der Waals surface area (Å²) >= 11 is 0. The van der Waals surface area contributed by atoms with E-state index < -0.39 is 0 Å². The van der Waals surface area contributed by atoms with Gasteiger partial charge in [0.1, 0.15) is 0 Å². The molecule has 0 bridgehead atoms. The highest BCUT2D eigenvalue weighted by Gasteiger charge is 2.29. The van der Waals surface area contributed by atoms with Gasteiger partial charge in [0.05, 0.1) is 6.61 Å². The molecule has 1 saturated heterocycles. The van der Waals surface area contributed by atoms with Crippen molar-refractivity contribution in [2.24, 2.45) is 5.92 Å². The first-order chi connectivity index (χ1) is 10.7. The van der Waals surface area contributed by atoms with Gasteiger partial charge in [-0.25, -0.2) is 0 Å². The van der Waals surface area contributed by atoms with Crippen LogP contribution in [0.2, 0.25) is 0 Å². The molecule has 0 spiro atoms. The maximum absolute atomic E-state index is 12.3. The van der Waals surface area contributed by atoms with E-state index in [0.29, 0.717) is 32.7 Å². The Balaban J connectivity index is 1.86. The van der Waals surface area contributed by atoms with Crippen LogP contribution in [0.3, 0.4) is 0 Å². The minimum atomic E-state index is -0.0553. The van der Waals surface area contributed by atoms with Gasteiger partial charge in [-0.05, 0) is 18.1 Å². The molecule has 1 atom stereocenters. The molecule has 2 amide bonds. The number of hydrogen-bond acceptors (Lipinski definition) is 3. The monoisotopic (exact) mass is 304 g/mol. The smallest absolute Gasteiger partial charge is 0.251 e. The summed E-state index contributed by atoms with van der Waals surface area (Å²) < 4.78 is 5.01. The van der Waals surface area contributed by atoms with Crippen molar-refractivity contribution in [1.29, 1.82) is 0 Å². The Kier molecular flexibility index (Phi) is 5.95. The number of carbonyl (C=O) groups is 2. The molecule has 1 aromatic rings. The number of methoxy groups -OCH3 is 1. The van der Waals surface area contributed by atoms with Crippen LogP contribution < -0.4 is 5.32 Å². The summed E-state index contributed by atoms with van der Waals surface area (Å²) in [5, 5.41) is 2.96. The number of aryl methyl sites for hydroxylation is 1. The number of benzene rings is 1. The molecule has 0 aromatic heterocycles. The number of likely N-dealkylation sites (tertiary alicyclic amines) is 1. The lowest BCUT2D eigenvalue weighted by Crippen LogP contribution is -2.32. The predicted molar refractivity (Wildman–Crippen MR) is 84.7 cm³/mol. The Morgan fingerprint density at radius 3 is 2.91 bits per heavy atom. The van der Waals surface area contributed by atoms with Gasteiger partial charge in [-0.15, -0.1) is 0 Å². The standard InChI is InChI=1S/C17H24N2O3/c1-3-14-6-4-5-7-15(14)17(21)18-11-13-10-16(20)19(12-13)8-9-22-2/h4-7,13H,3,8-12H2,1-2H3,(H,18,21)/t13-/m1/s1. The van der Waals surface area contributed by atoms with Crippen molar-refractivity contribution in [3.8, 4) is 0 Å². The van der Waals surface area contributed by atoms with E-state index in [1.807, 2.05) is 31.2 Å². The SMILES string of the molecule is CCc1ccccc1C(=O)NC[C@H]1CC(=O)N(CCOC)C1. The number of nitrogens with zero attached hydrogens (tertiary/aromatic N) is 1. The van der Waals surface area contributed by atoms with Gasteiger partial charge in [0.25, 0.3) is 5.91 Å². The molecule has 2 rings (SSSR count). The highest BCUT2D eigenvalue weighted by atomic mass is 16.5. The predicted octanol–water partition coefficient (Wildman–Crippen LogP) is 1.47. The second-order valence-corrected chi connectivity index (χ2v) is 5.62. The first kappa shape index (κ1) is 16.5. The molecule has 22 heavy (non-hydrogen) atoms. The molecule has 1 aliphatic rings. The minimum absolute atomic E-state index is 0.0553.